The van der Waals surface area contributed by atoms with Crippen molar-refractivity contribution in [2.24, 2.45) is 0 Å². The minimum Gasteiger partial charge on any atom is -0.456 e. The smallest absolute Gasteiger partial charge is 0.289 e. The Morgan fingerprint density at radius 2 is 0.980 bits per heavy atom. The summed E-state index contributed by atoms with van der Waals surface area (Å²) in [5.41, 5.74) is 13.4. The molecule has 0 bridgehead atoms. The van der Waals surface area contributed by atoms with Crippen LogP contribution in [0.15, 0.2) is 181 Å². The van der Waals surface area contributed by atoms with E-state index in [-0.39, 0.29) is 6.71 Å². The highest BCUT2D eigenvalue weighted by Gasteiger charge is 2.44. The Labute approximate surface area is 294 Å². The molecule has 6 aromatic carbocycles. The second-order valence-electron chi connectivity index (χ2n) is 13.2. The molecule has 0 N–H and O–H groups in total. The second kappa shape index (κ2) is 10.9. The predicted octanol–water partition coefficient (Wildman–Crippen LogP) is 9.17. The third-order valence-corrected chi connectivity index (χ3v) is 10.4. The van der Waals surface area contributed by atoms with E-state index in [2.05, 4.69) is 177 Å². The molecule has 238 valence electrons. The number of aromatic nitrogens is 3. The molecule has 1 aliphatic heterocycles. The first-order chi connectivity index (χ1) is 25.3. The van der Waals surface area contributed by atoms with E-state index in [0.717, 1.165) is 39.0 Å². The van der Waals surface area contributed by atoms with Crippen LogP contribution in [0.3, 0.4) is 0 Å². The third kappa shape index (κ3) is 4.02. The van der Waals surface area contributed by atoms with Crippen LogP contribution in [0.25, 0.3) is 55.1 Å². The standard InChI is InChI=1S/C45H29BN4O/c1-4-14-30(15-5-1)46-44-42(34-20-10-12-22-38(34)48(44)31-16-6-2-7-17-31)50(33-24-25-40-36(28-33)37-29-47-27-26-41(37)51-40)43-35-21-11-13-23-39(35)49(45(43)46)32-18-8-3-9-19-32/h1-29H. The van der Waals surface area contributed by atoms with Crippen LogP contribution in [0.5, 0.6) is 0 Å². The van der Waals surface area contributed by atoms with Crippen LogP contribution in [0, 0.1) is 0 Å². The van der Waals surface area contributed by atoms with Gasteiger partial charge in [-0.1, -0.05) is 109 Å². The number of pyridine rings is 1. The molecule has 0 radical (unpaired) electrons. The van der Waals surface area contributed by atoms with Crippen LogP contribution in [0.4, 0.5) is 17.1 Å². The van der Waals surface area contributed by atoms with Gasteiger partial charge >= 0.3 is 0 Å². The summed E-state index contributed by atoms with van der Waals surface area (Å²) in [6, 6.07) is 58.8. The molecule has 51 heavy (non-hydrogen) atoms. The molecule has 11 rings (SSSR count). The van der Waals surface area contributed by atoms with Gasteiger partial charge in [-0.15, -0.1) is 0 Å². The highest BCUT2D eigenvalue weighted by Crippen LogP contribution is 2.47. The van der Waals surface area contributed by atoms with Crippen molar-refractivity contribution in [2.75, 3.05) is 4.90 Å². The number of hydrogen-bond donors (Lipinski definition) is 0. The number of nitrogens with zero attached hydrogens (tertiary/aromatic N) is 4. The quantitative estimate of drug-likeness (QED) is 0.178. The molecule has 5 heterocycles. The van der Waals surface area contributed by atoms with Crippen molar-refractivity contribution >= 4 is 84.2 Å². The Hall–Kier alpha value is -6.79. The van der Waals surface area contributed by atoms with Crippen LogP contribution < -0.4 is 21.5 Å². The van der Waals surface area contributed by atoms with Gasteiger partial charge in [-0.2, -0.15) is 0 Å². The summed E-state index contributed by atoms with van der Waals surface area (Å²) in [4.78, 5) is 6.98. The van der Waals surface area contributed by atoms with E-state index in [1.807, 2.05) is 12.3 Å². The lowest BCUT2D eigenvalue weighted by Gasteiger charge is -2.35. The number of hydrogen-bond acceptors (Lipinski definition) is 3. The van der Waals surface area contributed by atoms with Crippen molar-refractivity contribution in [2.45, 2.75) is 0 Å². The van der Waals surface area contributed by atoms with Crippen molar-refractivity contribution in [1.29, 1.82) is 0 Å². The first-order valence-corrected chi connectivity index (χ1v) is 17.3. The van der Waals surface area contributed by atoms with Gasteiger partial charge in [-0.05, 0) is 60.7 Å². The number of furan rings is 1. The van der Waals surface area contributed by atoms with Crippen molar-refractivity contribution in [3.05, 3.63) is 176 Å². The van der Waals surface area contributed by atoms with E-state index >= 15 is 0 Å². The number of benzene rings is 6. The molecule has 6 heteroatoms. The van der Waals surface area contributed by atoms with Gasteiger partial charge in [0.1, 0.15) is 11.2 Å². The molecular weight excluding hydrogens is 623 g/mol. The minimum atomic E-state index is -0.102. The third-order valence-electron chi connectivity index (χ3n) is 10.4. The van der Waals surface area contributed by atoms with E-state index in [9.17, 15) is 0 Å². The molecule has 0 atom stereocenters. The van der Waals surface area contributed by atoms with Gasteiger partial charge in [0.25, 0.3) is 6.71 Å². The van der Waals surface area contributed by atoms with Crippen LogP contribution in [0.2, 0.25) is 0 Å². The number of rotatable bonds is 4. The molecular formula is C45H29BN4O. The molecule has 10 aromatic rings. The van der Waals surface area contributed by atoms with Gasteiger partial charge in [0.2, 0.25) is 0 Å². The summed E-state index contributed by atoms with van der Waals surface area (Å²) in [7, 11) is 0. The van der Waals surface area contributed by atoms with Crippen LogP contribution in [-0.2, 0) is 0 Å². The Balaban J connectivity index is 1.36. The lowest BCUT2D eigenvalue weighted by Crippen LogP contribution is -2.60. The lowest BCUT2D eigenvalue weighted by molar-refractivity contribution is 0.668. The molecule has 5 nitrogen and oxygen atoms in total. The molecule has 1 aliphatic rings. The summed E-state index contributed by atoms with van der Waals surface area (Å²) in [6.07, 6.45) is 3.70. The first kappa shape index (κ1) is 28.1. The molecule has 0 fully saturated rings. The SMILES string of the molecule is c1ccc(B2c3c(c4ccccc4n3-c3ccccc3)N(c3ccc4oc5ccncc5c4c3)c3c2n(-c2ccccc2)c2ccccc32)cc1. The fourth-order valence-corrected chi connectivity index (χ4v) is 8.41. The summed E-state index contributed by atoms with van der Waals surface area (Å²) in [6.45, 7) is -0.102. The maximum atomic E-state index is 6.31. The number of fused-ring (bicyclic) bond motifs is 9. The largest absolute Gasteiger partial charge is 0.456 e. The highest BCUT2D eigenvalue weighted by atomic mass is 16.3. The van der Waals surface area contributed by atoms with Gasteiger partial charge < -0.3 is 18.5 Å². The molecule has 0 aliphatic carbocycles. The van der Waals surface area contributed by atoms with Crippen LogP contribution >= 0.6 is 0 Å². The highest BCUT2D eigenvalue weighted by molar-refractivity contribution is 6.98. The predicted molar refractivity (Wildman–Crippen MR) is 211 cm³/mol. The van der Waals surface area contributed by atoms with Crippen molar-refractivity contribution in [1.82, 2.24) is 14.1 Å². The number of anilines is 3. The van der Waals surface area contributed by atoms with Crippen LogP contribution in [0.1, 0.15) is 0 Å². The summed E-state index contributed by atoms with van der Waals surface area (Å²) in [5, 5.41) is 4.44. The van der Waals surface area contributed by atoms with Crippen molar-refractivity contribution in [3.8, 4) is 11.4 Å². The molecule has 0 amide bonds. The zero-order valence-electron chi connectivity index (χ0n) is 27.5. The normalized spacial score (nSPS) is 12.6. The van der Waals surface area contributed by atoms with Gasteiger partial charge in [0.15, 0.2) is 0 Å². The van der Waals surface area contributed by atoms with E-state index < -0.39 is 0 Å². The fourth-order valence-electron chi connectivity index (χ4n) is 8.41. The zero-order chi connectivity index (χ0) is 33.5. The lowest BCUT2D eigenvalue weighted by atomic mass is 9.38. The Bertz CT molecular complexity index is 2800. The monoisotopic (exact) mass is 652 g/mol. The Morgan fingerprint density at radius 3 is 1.59 bits per heavy atom. The van der Waals surface area contributed by atoms with Gasteiger partial charge in [0, 0.05) is 62.2 Å². The van der Waals surface area contributed by atoms with E-state index in [4.69, 9.17) is 4.42 Å². The summed E-state index contributed by atoms with van der Waals surface area (Å²) in [5.74, 6) is 0. The van der Waals surface area contributed by atoms with Gasteiger partial charge in [-0.25, -0.2) is 0 Å². The van der Waals surface area contributed by atoms with E-state index in [1.165, 1.54) is 49.8 Å². The Kier molecular flexibility index (Phi) is 5.98. The minimum absolute atomic E-state index is 0.102. The topological polar surface area (TPSA) is 39.1 Å². The van der Waals surface area contributed by atoms with Gasteiger partial charge in [-0.3, -0.25) is 4.98 Å². The molecule has 0 unspecified atom stereocenters. The molecule has 4 aromatic heterocycles. The molecule has 0 spiro atoms. The Morgan fingerprint density at radius 1 is 0.451 bits per heavy atom. The average molecular weight is 653 g/mol. The van der Waals surface area contributed by atoms with Crippen molar-refractivity contribution < 1.29 is 4.42 Å². The zero-order valence-corrected chi connectivity index (χ0v) is 27.5. The average Bonchev–Trinajstić information content (AvgIpc) is 3.86. The fraction of sp³-hybridized carbons (Fsp3) is 0. The van der Waals surface area contributed by atoms with E-state index in [0.29, 0.717) is 0 Å². The van der Waals surface area contributed by atoms with Crippen molar-refractivity contribution in [3.63, 3.8) is 0 Å². The molecule has 0 saturated carbocycles. The first-order valence-electron chi connectivity index (χ1n) is 17.3. The molecule has 0 saturated heterocycles. The summed E-state index contributed by atoms with van der Waals surface area (Å²) < 4.78 is 11.3. The second-order valence-corrected chi connectivity index (χ2v) is 13.2. The van der Waals surface area contributed by atoms with Gasteiger partial charge in [0.05, 0.1) is 22.4 Å². The maximum absolute atomic E-state index is 6.31. The number of para-hydroxylation sites is 4. The van der Waals surface area contributed by atoms with E-state index in [1.54, 1.807) is 6.20 Å². The van der Waals surface area contributed by atoms with Crippen LogP contribution in [-0.4, -0.2) is 20.8 Å². The summed E-state index contributed by atoms with van der Waals surface area (Å²) >= 11 is 0. The maximum Gasteiger partial charge on any atom is 0.289 e.